The summed E-state index contributed by atoms with van der Waals surface area (Å²) in [6, 6.07) is 0.863. The van der Waals surface area contributed by atoms with Crippen LogP contribution in [0.4, 0.5) is 28.2 Å². The molecule has 2 aromatic heterocycles. The number of hydrogen-bond donors (Lipinski definition) is 1. The summed E-state index contributed by atoms with van der Waals surface area (Å²) >= 11 is 2.91. The first kappa shape index (κ1) is 23.0. The zero-order valence-electron chi connectivity index (χ0n) is 16.5. The fourth-order valence-corrected chi connectivity index (χ4v) is 4.38. The second-order valence-electron chi connectivity index (χ2n) is 7.86. The fraction of sp³-hybridized carbons (Fsp3) is 0.556. The first-order valence-electron chi connectivity index (χ1n) is 9.14. The van der Waals surface area contributed by atoms with Gasteiger partial charge in [0.25, 0.3) is 0 Å². The van der Waals surface area contributed by atoms with Crippen molar-refractivity contribution in [3.8, 4) is 0 Å². The van der Waals surface area contributed by atoms with Gasteiger partial charge in [0.2, 0.25) is 0 Å². The number of anilines is 1. The Labute approximate surface area is 183 Å². The highest BCUT2D eigenvalue weighted by molar-refractivity contribution is 9.10. The lowest BCUT2D eigenvalue weighted by molar-refractivity contribution is -0.0330. The molecule has 0 aromatic carbocycles. The molecule has 3 rings (SSSR count). The summed E-state index contributed by atoms with van der Waals surface area (Å²) in [4.78, 5) is 17.6. The molecular formula is C18H21BrF4N4O2S. The van der Waals surface area contributed by atoms with Gasteiger partial charge >= 0.3 is 11.6 Å². The smallest absolute Gasteiger partial charge is 0.444 e. The van der Waals surface area contributed by atoms with E-state index < -0.39 is 29.4 Å². The molecule has 0 bridgehead atoms. The van der Waals surface area contributed by atoms with E-state index >= 15 is 0 Å². The van der Waals surface area contributed by atoms with Gasteiger partial charge in [-0.15, -0.1) is 0 Å². The average molecular weight is 513 g/mol. The van der Waals surface area contributed by atoms with E-state index in [1.54, 1.807) is 20.8 Å². The minimum atomic E-state index is -4.45. The third-order valence-corrected chi connectivity index (χ3v) is 6.04. The number of likely N-dealkylation sites (tertiary alicyclic amines) is 1. The molecule has 1 saturated heterocycles. The molecule has 6 nitrogen and oxygen atoms in total. The molecule has 2 aromatic rings. The van der Waals surface area contributed by atoms with Gasteiger partial charge in [-0.25, -0.2) is 14.2 Å². The van der Waals surface area contributed by atoms with Crippen molar-refractivity contribution in [2.75, 3.05) is 18.4 Å². The maximum absolute atomic E-state index is 14.8. The maximum atomic E-state index is 14.8. The predicted octanol–water partition coefficient (Wildman–Crippen LogP) is 5.47. The number of alkyl halides is 4. The molecule has 0 spiro atoms. The number of amides is 1. The summed E-state index contributed by atoms with van der Waals surface area (Å²) in [6.07, 6.45) is 1.10. The van der Waals surface area contributed by atoms with Crippen molar-refractivity contribution in [2.45, 2.75) is 55.5 Å². The Hall–Kier alpha value is -1.69. The van der Waals surface area contributed by atoms with E-state index in [1.165, 1.54) is 27.8 Å². The Morgan fingerprint density at radius 3 is 2.67 bits per heavy atom. The molecule has 3 heterocycles. The van der Waals surface area contributed by atoms with Crippen molar-refractivity contribution in [1.29, 1.82) is 0 Å². The van der Waals surface area contributed by atoms with Gasteiger partial charge in [0.1, 0.15) is 16.8 Å². The largest absolute Gasteiger partial charge is 0.447 e. The SMILES string of the molecule is CC(C)(C)OC(=O)N1CC[C@@H](Nc2nccn3c(SC(F)(F)F)c(Br)cc23)[C@@H](F)C1. The number of aromatic nitrogens is 2. The summed E-state index contributed by atoms with van der Waals surface area (Å²) in [7, 11) is 0. The molecule has 166 valence electrons. The number of carbonyl (C=O) groups is 1. The molecular weight excluding hydrogens is 492 g/mol. The molecule has 2 atom stereocenters. The number of nitrogens with one attached hydrogen (secondary N) is 1. The number of nitrogens with zero attached hydrogens (tertiary/aromatic N) is 3. The van der Waals surface area contributed by atoms with Crippen LogP contribution < -0.4 is 5.32 Å². The van der Waals surface area contributed by atoms with Gasteiger partial charge in [-0.2, -0.15) is 13.2 Å². The number of carbonyl (C=O) groups excluding carboxylic acids is 1. The minimum Gasteiger partial charge on any atom is -0.444 e. The van der Waals surface area contributed by atoms with Crippen LogP contribution in [0.3, 0.4) is 0 Å². The van der Waals surface area contributed by atoms with Gasteiger partial charge in [0, 0.05) is 30.7 Å². The Kier molecular flexibility index (Phi) is 6.47. The highest BCUT2D eigenvalue weighted by Gasteiger charge is 2.35. The standard InChI is InChI=1S/C18H21BrF4N4O2S/c1-17(2,3)29-16(28)26-6-4-12(11(20)9-26)25-14-13-8-10(19)15(30-18(21,22)23)27(13)7-5-24-14/h5,7-8,11-12H,4,6,9H2,1-3H3,(H,24,25)/t11-,12+/m0/s1. The quantitative estimate of drug-likeness (QED) is 0.436. The zero-order valence-corrected chi connectivity index (χ0v) is 18.9. The summed E-state index contributed by atoms with van der Waals surface area (Å²) in [5.41, 5.74) is -4.74. The molecule has 1 N–H and O–H groups in total. The molecule has 0 saturated carbocycles. The minimum absolute atomic E-state index is 0.0421. The Bertz CT molecular complexity index is 931. The number of fused-ring (bicyclic) bond motifs is 1. The van der Waals surface area contributed by atoms with E-state index in [1.807, 2.05) is 0 Å². The topological polar surface area (TPSA) is 58.9 Å². The van der Waals surface area contributed by atoms with E-state index in [4.69, 9.17) is 4.74 Å². The van der Waals surface area contributed by atoms with Gasteiger partial charge in [-0.3, -0.25) is 0 Å². The van der Waals surface area contributed by atoms with Crippen LogP contribution in [0.1, 0.15) is 27.2 Å². The Morgan fingerprint density at radius 1 is 1.37 bits per heavy atom. The van der Waals surface area contributed by atoms with Crippen LogP contribution in [0.25, 0.3) is 5.52 Å². The zero-order chi connectivity index (χ0) is 22.3. The summed E-state index contributed by atoms with van der Waals surface area (Å²) in [6.45, 7) is 5.35. The lowest BCUT2D eigenvalue weighted by Gasteiger charge is -2.36. The molecule has 1 aliphatic rings. The van der Waals surface area contributed by atoms with Crippen LogP contribution in [-0.2, 0) is 4.74 Å². The molecule has 30 heavy (non-hydrogen) atoms. The van der Waals surface area contributed by atoms with Crippen LogP contribution in [-0.4, -0.2) is 56.8 Å². The number of ether oxygens (including phenoxy) is 1. The van der Waals surface area contributed by atoms with Crippen LogP contribution in [0.15, 0.2) is 28.0 Å². The second-order valence-corrected chi connectivity index (χ2v) is 9.77. The van der Waals surface area contributed by atoms with Gasteiger partial charge in [0.15, 0.2) is 5.82 Å². The third kappa shape index (κ3) is 5.51. The van der Waals surface area contributed by atoms with Gasteiger partial charge in [-0.05, 0) is 49.2 Å². The highest BCUT2D eigenvalue weighted by Crippen LogP contribution is 2.42. The Balaban J connectivity index is 1.74. The number of piperidine rings is 1. The van der Waals surface area contributed by atoms with Crippen molar-refractivity contribution in [1.82, 2.24) is 14.3 Å². The number of hydrogen-bond acceptors (Lipinski definition) is 5. The first-order valence-corrected chi connectivity index (χ1v) is 10.7. The van der Waals surface area contributed by atoms with Gasteiger partial charge < -0.3 is 19.4 Å². The number of halogens is 5. The van der Waals surface area contributed by atoms with Crippen molar-refractivity contribution in [3.05, 3.63) is 22.9 Å². The molecule has 0 aliphatic carbocycles. The molecule has 1 fully saturated rings. The first-order chi connectivity index (χ1) is 13.8. The lowest BCUT2D eigenvalue weighted by Crippen LogP contribution is -2.51. The number of thioether (sulfide) groups is 1. The predicted molar refractivity (Wildman–Crippen MR) is 110 cm³/mol. The lowest BCUT2D eigenvalue weighted by atomic mass is 10.0. The molecule has 1 aliphatic heterocycles. The van der Waals surface area contributed by atoms with Crippen molar-refractivity contribution < 1.29 is 27.1 Å². The van der Waals surface area contributed by atoms with Gasteiger partial charge in [-0.1, -0.05) is 0 Å². The van der Waals surface area contributed by atoms with E-state index in [-0.39, 0.29) is 40.2 Å². The van der Waals surface area contributed by atoms with E-state index in [0.29, 0.717) is 11.9 Å². The fourth-order valence-electron chi connectivity index (χ4n) is 3.10. The van der Waals surface area contributed by atoms with Crippen molar-refractivity contribution >= 4 is 45.1 Å². The van der Waals surface area contributed by atoms with Gasteiger partial charge in [0.05, 0.1) is 22.6 Å². The number of rotatable bonds is 3. The molecule has 0 unspecified atom stereocenters. The summed E-state index contributed by atoms with van der Waals surface area (Å²) in [5.74, 6) is 0.269. The Morgan fingerprint density at radius 2 is 2.07 bits per heavy atom. The molecule has 0 radical (unpaired) electrons. The maximum Gasteiger partial charge on any atom is 0.447 e. The summed E-state index contributed by atoms with van der Waals surface area (Å²) < 4.78 is 60.2. The molecule has 12 heteroatoms. The van der Waals surface area contributed by atoms with Crippen molar-refractivity contribution in [2.24, 2.45) is 0 Å². The average Bonchev–Trinajstić information content (AvgIpc) is 2.90. The van der Waals surface area contributed by atoms with E-state index in [2.05, 4.69) is 26.2 Å². The van der Waals surface area contributed by atoms with Crippen LogP contribution in [0, 0.1) is 0 Å². The van der Waals surface area contributed by atoms with E-state index in [0.717, 1.165) is 0 Å². The van der Waals surface area contributed by atoms with Crippen LogP contribution >= 0.6 is 27.7 Å². The highest BCUT2D eigenvalue weighted by atomic mass is 79.9. The van der Waals surface area contributed by atoms with Crippen molar-refractivity contribution in [3.63, 3.8) is 0 Å². The van der Waals surface area contributed by atoms with Crippen LogP contribution in [0.5, 0.6) is 0 Å². The van der Waals surface area contributed by atoms with Crippen LogP contribution in [0.2, 0.25) is 0 Å². The third-order valence-electron chi connectivity index (χ3n) is 4.34. The van der Waals surface area contributed by atoms with E-state index in [9.17, 15) is 22.4 Å². The second kappa shape index (κ2) is 8.45. The monoisotopic (exact) mass is 512 g/mol. The normalized spacial score (nSPS) is 20.5. The summed E-state index contributed by atoms with van der Waals surface area (Å²) in [5, 5.41) is 2.95. The molecule has 1 amide bonds.